The second kappa shape index (κ2) is 9.82. The van der Waals surface area contributed by atoms with Gasteiger partial charge in [-0.3, -0.25) is 4.98 Å². The van der Waals surface area contributed by atoms with Crippen molar-refractivity contribution in [3.63, 3.8) is 0 Å². The average molecular weight is 511 g/mol. The number of benzene rings is 2. The van der Waals surface area contributed by atoms with E-state index >= 15 is 0 Å². The van der Waals surface area contributed by atoms with Crippen LogP contribution in [-0.2, 0) is 0 Å². The van der Waals surface area contributed by atoms with Gasteiger partial charge in [0.1, 0.15) is 0 Å². The predicted molar refractivity (Wildman–Crippen MR) is 151 cm³/mol. The Hall–Kier alpha value is -3.97. The van der Waals surface area contributed by atoms with Gasteiger partial charge in [-0.05, 0) is 97.7 Å². The fraction of sp³-hybridized carbons (Fsp3) is 0.233. The van der Waals surface area contributed by atoms with Crippen molar-refractivity contribution in [1.29, 1.82) is 0 Å². The molecule has 1 aliphatic heterocycles. The zero-order valence-electron chi connectivity index (χ0n) is 21.3. The molecule has 3 heterocycles. The highest BCUT2D eigenvalue weighted by Crippen LogP contribution is 2.44. The normalized spacial score (nSPS) is 17.3. The Bertz CT molecular complexity index is 1440. The van der Waals surface area contributed by atoms with Gasteiger partial charge in [-0.25, -0.2) is 4.79 Å². The topological polar surface area (TPSA) is 70.4 Å². The first-order valence-electron chi connectivity index (χ1n) is 12.4. The SMILES string of the molecule is Cc1cc([C@@H]2[C@@H](c3ccccn3)NC(=S)N2c2ccc(C(C)C)cc2)c(C)n1-c1ccc(C(=O)O)cc1. The molecule has 2 aromatic carbocycles. The van der Waals surface area contributed by atoms with Crippen LogP contribution in [0.3, 0.4) is 0 Å². The number of hydrogen-bond acceptors (Lipinski definition) is 3. The summed E-state index contributed by atoms with van der Waals surface area (Å²) >= 11 is 5.90. The molecule has 0 radical (unpaired) electrons. The van der Waals surface area contributed by atoms with Gasteiger partial charge in [0.15, 0.2) is 5.11 Å². The largest absolute Gasteiger partial charge is 0.478 e. The van der Waals surface area contributed by atoms with E-state index < -0.39 is 5.97 Å². The first-order valence-corrected chi connectivity index (χ1v) is 12.8. The summed E-state index contributed by atoms with van der Waals surface area (Å²) in [6, 6.07) is 23.5. The summed E-state index contributed by atoms with van der Waals surface area (Å²) in [5.74, 6) is -0.489. The van der Waals surface area contributed by atoms with Crippen molar-refractivity contribution < 1.29 is 9.90 Å². The van der Waals surface area contributed by atoms with E-state index in [9.17, 15) is 9.90 Å². The summed E-state index contributed by atoms with van der Waals surface area (Å²) in [7, 11) is 0. The van der Waals surface area contributed by atoms with Crippen LogP contribution in [0.4, 0.5) is 5.69 Å². The molecule has 0 unspecified atom stereocenters. The van der Waals surface area contributed by atoms with Crippen molar-refractivity contribution in [2.45, 2.75) is 45.7 Å². The van der Waals surface area contributed by atoms with Crippen LogP contribution in [0.1, 0.15) is 70.4 Å². The molecular weight excluding hydrogens is 480 g/mol. The number of carbonyl (C=O) groups is 1. The number of nitrogens with one attached hydrogen (secondary N) is 1. The number of thiocarbonyl (C=S) groups is 1. The van der Waals surface area contributed by atoms with Gasteiger partial charge in [0, 0.05) is 29.0 Å². The van der Waals surface area contributed by atoms with Crippen molar-refractivity contribution in [2.24, 2.45) is 0 Å². The van der Waals surface area contributed by atoms with Gasteiger partial charge in [0.25, 0.3) is 0 Å². The van der Waals surface area contributed by atoms with Crippen LogP contribution in [0.15, 0.2) is 79.0 Å². The summed E-state index contributed by atoms with van der Waals surface area (Å²) < 4.78 is 2.16. The molecule has 37 heavy (non-hydrogen) atoms. The van der Waals surface area contributed by atoms with Crippen LogP contribution in [0.2, 0.25) is 0 Å². The number of pyridine rings is 1. The van der Waals surface area contributed by atoms with Gasteiger partial charge in [-0.1, -0.05) is 32.0 Å². The second-order valence-electron chi connectivity index (χ2n) is 9.76. The van der Waals surface area contributed by atoms with Crippen molar-refractivity contribution in [2.75, 3.05) is 4.90 Å². The van der Waals surface area contributed by atoms with Crippen molar-refractivity contribution in [3.8, 4) is 5.69 Å². The highest BCUT2D eigenvalue weighted by atomic mass is 32.1. The van der Waals surface area contributed by atoms with Crippen molar-refractivity contribution in [1.82, 2.24) is 14.9 Å². The highest BCUT2D eigenvalue weighted by Gasteiger charge is 2.42. The molecule has 4 aromatic rings. The number of carboxylic acids is 1. The third-order valence-corrected chi connectivity index (χ3v) is 7.41. The van der Waals surface area contributed by atoms with E-state index in [0.29, 0.717) is 11.0 Å². The van der Waals surface area contributed by atoms with E-state index in [-0.39, 0.29) is 17.6 Å². The molecule has 6 nitrogen and oxygen atoms in total. The van der Waals surface area contributed by atoms with Crippen LogP contribution in [0.25, 0.3) is 5.69 Å². The molecule has 0 amide bonds. The van der Waals surface area contributed by atoms with Gasteiger partial charge in [-0.2, -0.15) is 0 Å². The molecule has 1 fully saturated rings. The lowest BCUT2D eigenvalue weighted by atomic mass is 9.96. The zero-order valence-corrected chi connectivity index (χ0v) is 22.2. The monoisotopic (exact) mass is 510 g/mol. The van der Waals surface area contributed by atoms with Gasteiger partial charge in [-0.15, -0.1) is 0 Å². The Morgan fingerprint density at radius 1 is 1.00 bits per heavy atom. The van der Waals surface area contributed by atoms with E-state index in [1.807, 2.05) is 36.5 Å². The quantitative estimate of drug-likeness (QED) is 0.289. The standard InChI is InChI=1S/C30H30N4O2S/c1-18(2)21-8-12-24(13-9-21)34-28(27(32-30(34)37)26-7-5-6-16-31-26)25-17-19(3)33(20(25)4)23-14-10-22(11-15-23)29(35)36/h5-18,27-28H,1-4H3,(H,32,37)(H,35,36)/t27-,28-/m1/s1. The average Bonchev–Trinajstić information content (AvgIpc) is 3.39. The third-order valence-electron chi connectivity index (χ3n) is 7.10. The lowest BCUT2D eigenvalue weighted by molar-refractivity contribution is 0.0697. The molecule has 2 aromatic heterocycles. The Balaban J connectivity index is 1.63. The van der Waals surface area contributed by atoms with Crippen LogP contribution in [-0.4, -0.2) is 25.7 Å². The Morgan fingerprint density at radius 3 is 2.27 bits per heavy atom. The number of hydrogen-bond donors (Lipinski definition) is 2. The molecule has 0 bridgehead atoms. The summed E-state index contributed by atoms with van der Waals surface area (Å²) in [6.07, 6.45) is 1.81. The Morgan fingerprint density at radius 2 is 1.68 bits per heavy atom. The van der Waals surface area contributed by atoms with Gasteiger partial charge in [0.05, 0.1) is 23.3 Å². The molecule has 1 saturated heterocycles. The molecular formula is C30H30N4O2S. The smallest absolute Gasteiger partial charge is 0.335 e. The number of carboxylic acid groups (broad SMARTS) is 1. The zero-order chi connectivity index (χ0) is 26.3. The maximum absolute atomic E-state index is 11.4. The Labute approximate surface area is 222 Å². The lowest BCUT2D eigenvalue weighted by Crippen LogP contribution is -2.29. The first-order chi connectivity index (χ1) is 17.8. The highest BCUT2D eigenvalue weighted by molar-refractivity contribution is 7.80. The van der Waals surface area contributed by atoms with Crippen LogP contribution < -0.4 is 10.2 Å². The fourth-order valence-corrected chi connectivity index (χ4v) is 5.55. The van der Waals surface area contributed by atoms with E-state index in [0.717, 1.165) is 34.0 Å². The van der Waals surface area contributed by atoms with Crippen LogP contribution in [0.5, 0.6) is 0 Å². The minimum atomic E-state index is -0.934. The van der Waals surface area contributed by atoms with E-state index in [1.165, 1.54) is 5.56 Å². The molecule has 5 rings (SSSR count). The molecule has 2 atom stereocenters. The summed E-state index contributed by atoms with van der Waals surface area (Å²) in [6.45, 7) is 8.55. The van der Waals surface area contributed by atoms with Gasteiger partial charge >= 0.3 is 5.97 Å². The van der Waals surface area contributed by atoms with E-state index in [2.05, 4.69) is 77.8 Å². The fourth-order valence-electron chi connectivity index (χ4n) is 5.21. The minimum Gasteiger partial charge on any atom is -0.478 e. The maximum atomic E-state index is 11.4. The maximum Gasteiger partial charge on any atom is 0.335 e. The van der Waals surface area contributed by atoms with Crippen molar-refractivity contribution >= 4 is 29.0 Å². The first kappa shape index (κ1) is 24.7. The molecule has 0 aliphatic carbocycles. The molecule has 188 valence electrons. The summed E-state index contributed by atoms with van der Waals surface area (Å²) in [5, 5.41) is 13.5. The third kappa shape index (κ3) is 4.51. The molecule has 2 N–H and O–H groups in total. The summed E-state index contributed by atoms with van der Waals surface area (Å²) in [5.41, 5.74) is 7.68. The van der Waals surface area contributed by atoms with Crippen LogP contribution >= 0.6 is 12.2 Å². The number of aryl methyl sites for hydroxylation is 1. The Kier molecular flexibility index (Phi) is 6.56. The van der Waals surface area contributed by atoms with E-state index in [1.54, 1.807) is 12.1 Å². The lowest BCUT2D eigenvalue weighted by Gasteiger charge is -2.28. The molecule has 1 aliphatic rings. The summed E-state index contributed by atoms with van der Waals surface area (Å²) in [4.78, 5) is 18.2. The van der Waals surface area contributed by atoms with Crippen LogP contribution in [0, 0.1) is 13.8 Å². The second-order valence-corrected chi connectivity index (χ2v) is 10.1. The van der Waals surface area contributed by atoms with Crippen molar-refractivity contribution in [3.05, 3.63) is 113 Å². The molecule has 7 heteroatoms. The number of nitrogens with zero attached hydrogens (tertiary/aromatic N) is 3. The number of rotatable bonds is 6. The van der Waals surface area contributed by atoms with Gasteiger partial charge in [0.2, 0.25) is 0 Å². The molecule has 0 spiro atoms. The predicted octanol–water partition coefficient (Wildman–Crippen LogP) is 6.49. The molecule has 0 saturated carbocycles. The minimum absolute atomic E-state index is 0.120. The number of anilines is 1. The van der Waals surface area contributed by atoms with Gasteiger partial charge < -0.3 is 19.9 Å². The number of aromatic nitrogens is 2. The number of aromatic carboxylic acids is 1. The van der Waals surface area contributed by atoms with E-state index in [4.69, 9.17) is 12.2 Å².